The van der Waals surface area contributed by atoms with Crippen molar-refractivity contribution in [3.8, 4) is 0 Å². The minimum absolute atomic E-state index is 0.955. The Hall–Kier alpha value is -0.640. The Morgan fingerprint density at radius 3 is 2.62 bits per heavy atom. The lowest BCUT2D eigenvalue weighted by atomic mass is 10.4. The summed E-state index contributed by atoms with van der Waals surface area (Å²) < 4.78 is 0. The summed E-state index contributed by atoms with van der Waals surface area (Å²) in [5, 5.41) is 0.955. The molecule has 13 heavy (non-hydrogen) atoms. The SMILES string of the molecule is CCN(CCBr)c1nccnc1C. The summed E-state index contributed by atoms with van der Waals surface area (Å²) in [7, 11) is 0. The number of nitrogens with zero attached hydrogens (tertiary/aromatic N) is 3. The molecule has 0 aliphatic rings. The van der Waals surface area contributed by atoms with Crippen LogP contribution in [0.2, 0.25) is 0 Å². The van der Waals surface area contributed by atoms with Gasteiger partial charge in [-0.2, -0.15) is 0 Å². The second kappa shape index (κ2) is 5.17. The first kappa shape index (κ1) is 10.4. The second-order valence-corrected chi connectivity index (χ2v) is 3.53. The molecule has 1 aromatic heterocycles. The molecule has 3 nitrogen and oxygen atoms in total. The van der Waals surface area contributed by atoms with E-state index in [0.717, 1.165) is 29.9 Å². The Labute approximate surface area is 87.3 Å². The molecule has 0 aromatic carbocycles. The predicted molar refractivity (Wildman–Crippen MR) is 58.5 cm³/mol. The van der Waals surface area contributed by atoms with E-state index in [1.54, 1.807) is 12.4 Å². The summed E-state index contributed by atoms with van der Waals surface area (Å²) in [5.74, 6) is 0.990. The Kier molecular flexibility index (Phi) is 4.15. The van der Waals surface area contributed by atoms with Crippen LogP contribution in [0.15, 0.2) is 12.4 Å². The molecule has 0 aliphatic carbocycles. The van der Waals surface area contributed by atoms with Crippen LogP contribution in [0.3, 0.4) is 0 Å². The topological polar surface area (TPSA) is 29.0 Å². The molecule has 0 saturated heterocycles. The Bertz CT molecular complexity index is 265. The molecular weight excluding hydrogens is 230 g/mol. The molecule has 0 unspecified atom stereocenters. The van der Waals surface area contributed by atoms with Gasteiger partial charge in [-0.3, -0.25) is 4.98 Å². The molecule has 0 aliphatic heterocycles. The third-order valence-electron chi connectivity index (χ3n) is 1.89. The van der Waals surface area contributed by atoms with Crippen LogP contribution in [-0.4, -0.2) is 28.4 Å². The van der Waals surface area contributed by atoms with E-state index in [-0.39, 0.29) is 0 Å². The van der Waals surface area contributed by atoms with E-state index in [0.29, 0.717) is 0 Å². The maximum atomic E-state index is 4.31. The first-order valence-electron chi connectivity index (χ1n) is 4.38. The van der Waals surface area contributed by atoms with E-state index in [1.807, 2.05) is 6.92 Å². The maximum Gasteiger partial charge on any atom is 0.150 e. The van der Waals surface area contributed by atoms with Crippen LogP contribution in [-0.2, 0) is 0 Å². The zero-order valence-electron chi connectivity index (χ0n) is 8.00. The molecule has 1 heterocycles. The number of aryl methyl sites for hydroxylation is 1. The molecule has 0 spiro atoms. The smallest absolute Gasteiger partial charge is 0.150 e. The van der Waals surface area contributed by atoms with Crippen molar-refractivity contribution in [1.29, 1.82) is 0 Å². The van der Waals surface area contributed by atoms with E-state index < -0.39 is 0 Å². The largest absolute Gasteiger partial charge is 0.355 e. The van der Waals surface area contributed by atoms with Crippen molar-refractivity contribution in [2.45, 2.75) is 13.8 Å². The first-order chi connectivity index (χ1) is 6.29. The van der Waals surface area contributed by atoms with Crippen LogP contribution in [0.5, 0.6) is 0 Å². The van der Waals surface area contributed by atoms with Crippen LogP contribution in [0.1, 0.15) is 12.6 Å². The van der Waals surface area contributed by atoms with Gasteiger partial charge in [0.15, 0.2) is 0 Å². The Balaban J connectivity index is 2.84. The summed E-state index contributed by atoms with van der Waals surface area (Å²) in [4.78, 5) is 10.7. The zero-order valence-corrected chi connectivity index (χ0v) is 9.58. The van der Waals surface area contributed by atoms with E-state index >= 15 is 0 Å². The number of hydrogen-bond acceptors (Lipinski definition) is 3. The Morgan fingerprint density at radius 2 is 2.08 bits per heavy atom. The zero-order chi connectivity index (χ0) is 9.68. The van der Waals surface area contributed by atoms with Gasteiger partial charge in [0.1, 0.15) is 5.82 Å². The van der Waals surface area contributed by atoms with Gasteiger partial charge in [0.2, 0.25) is 0 Å². The van der Waals surface area contributed by atoms with Crippen LogP contribution in [0.25, 0.3) is 0 Å². The van der Waals surface area contributed by atoms with Crippen molar-refractivity contribution in [2.75, 3.05) is 23.3 Å². The second-order valence-electron chi connectivity index (χ2n) is 2.73. The van der Waals surface area contributed by atoms with Gasteiger partial charge in [0, 0.05) is 30.8 Å². The van der Waals surface area contributed by atoms with E-state index in [4.69, 9.17) is 0 Å². The third-order valence-corrected chi connectivity index (χ3v) is 2.25. The summed E-state index contributed by atoms with van der Waals surface area (Å²) >= 11 is 3.42. The summed E-state index contributed by atoms with van der Waals surface area (Å²) in [6, 6.07) is 0. The predicted octanol–water partition coefficient (Wildman–Crippen LogP) is 2.01. The van der Waals surface area contributed by atoms with Crippen molar-refractivity contribution in [3.63, 3.8) is 0 Å². The maximum absolute atomic E-state index is 4.31. The van der Waals surface area contributed by atoms with Crippen LogP contribution >= 0.6 is 15.9 Å². The van der Waals surface area contributed by atoms with Crippen molar-refractivity contribution in [1.82, 2.24) is 9.97 Å². The molecule has 0 atom stereocenters. The summed E-state index contributed by atoms with van der Waals surface area (Å²) in [6.07, 6.45) is 3.46. The highest BCUT2D eigenvalue weighted by Crippen LogP contribution is 2.12. The first-order valence-corrected chi connectivity index (χ1v) is 5.50. The van der Waals surface area contributed by atoms with Crippen molar-refractivity contribution < 1.29 is 0 Å². The van der Waals surface area contributed by atoms with E-state index in [1.165, 1.54) is 0 Å². The van der Waals surface area contributed by atoms with Gasteiger partial charge >= 0.3 is 0 Å². The average Bonchev–Trinajstić information content (AvgIpc) is 2.16. The highest BCUT2D eigenvalue weighted by molar-refractivity contribution is 9.09. The molecule has 0 radical (unpaired) electrons. The lowest BCUT2D eigenvalue weighted by molar-refractivity contribution is 0.839. The molecule has 0 fully saturated rings. The number of rotatable bonds is 4. The normalized spacial score (nSPS) is 10.1. The summed E-state index contributed by atoms with van der Waals surface area (Å²) in [5.41, 5.74) is 0.991. The lowest BCUT2D eigenvalue weighted by Crippen LogP contribution is -2.26. The van der Waals surface area contributed by atoms with Crippen molar-refractivity contribution in [3.05, 3.63) is 18.1 Å². The van der Waals surface area contributed by atoms with Crippen LogP contribution in [0, 0.1) is 6.92 Å². The van der Waals surface area contributed by atoms with E-state index in [2.05, 4.69) is 37.7 Å². The molecule has 1 rings (SSSR count). The number of aromatic nitrogens is 2. The van der Waals surface area contributed by atoms with Gasteiger partial charge in [0.25, 0.3) is 0 Å². The molecule has 0 saturated carbocycles. The van der Waals surface area contributed by atoms with Gasteiger partial charge in [0.05, 0.1) is 5.69 Å². The standard InChI is InChI=1S/C9H14BrN3/c1-3-13(7-4-10)9-8(2)11-5-6-12-9/h5-6H,3-4,7H2,1-2H3. The van der Waals surface area contributed by atoms with Crippen molar-refractivity contribution >= 4 is 21.7 Å². The molecule has 0 amide bonds. The van der Waals surface area contributed by atoms with Crippen LogP contribution in [0.4, 0.5) is 5.82 Å². The minimum atomic E-state index is 0.955. The molecular formula is C9H14BrN3. The number of anilines is 1. The lowest BCUT2D eigenvalue weighted by Gasteiger charge is -2.21. The number of hydrogen-bond donors (Lipinski definition) is 0. The fraction of sp³-hybridized carbons (Fsp3) is 0.556. The van der Waals surface area contributed by atoms with Crippen LogP contribution < -0.4 is 4.90 Å². The van der Waals surface area contributed by atoms with Crippen molar-refractivity contribution in [2.24, 2.45) is 0 Å². The third kappa shape index (κ3) is 2.66. The molecule has 4 heteroatoms. The molecule has 0 bridgehead atoms. The average molecular weight is 244 g/mol. The van der Waals surface area contributed by atoms with Gasteiger partial charge in [-0.1, -0.05) is 15.9 Å². The molecule has 1 aromatic rings. The Morgan fingerprint density at radius 1 is 1.38 bits per heavy atom. The van der Waals surface area contributed by atoms with Gasteiger partial charge in [-0.25, -0.2) is 4.98 Å². The number of alkyl halides is 1. The molecule has 72 valence electrons. The fourth-order valence-corrected chi connectivity index (χ4v) is 1.65. The van der Waals surface area contributed by atoms with Gasteiger partial charge in [-0.05, 0) is 13.8 Å². The van der Waals surface area contributed by atoms with E-state index in [9.17, 15) is 0 Å². The highest BCUT2D eigenvalue weighted by atomic mass is 79.9. The monoisotopic (exact) mass is 243 g/mol. The van der Waals surface area contributed by atoms with Gasteiger partial charge in [-0.15, -0.1) is 0 Å². The molecule has 0 N–H and O–H groups in total. The quantitative estimate of drug-likeness (QED) is 0.758. The minimum Gasteiger partial charge on any atom is -0.355 e. The number of halogens is 1. The summed E-state index contributed by atoms with van der Waals surface area (Å²) in [6.45, 7) is 6.04. The van der Waals surface area contributed by atoms with Gasteiger partial charge < -0.3 is 4.90 Å². The fourth-order valence-electron chi connectivity index (χ4n) is 1.23. The highest BCUT2D eigenvalue weighted by Gasteiger charge is 2.07.